The van der Waals surface area contributed by atoms with Gasteiger partial charge in [-0.3, -0.25) is 0 Å². The number of nitrogens with one attached hydrogen (secondary N) is 1. The van der Waals surface area contributed by atoms with Crippen LogP contribution >= 0.6 is 11.6 Å². The van der Waals surface area contributed by atoms with Gasteiger partial charge in [-0.25, -0.2) is 0 Å². The van der Waals surface area contributed by atoms with Gasteiger partial charge >= 0.3 is 0 Å². The van der Waals surface area contributed by atoms with Crippen LogP contribution in [0, 0.1) is 0 Å². The van der Waals surface area contributed by atoms with Crippen molar-refractivity contribution in [2.45, 2.75) is 12.8 Å². The third-order valence-corrected chi connectivity index (χ3v) is 3.54. The summed E-state index contributed by atoms with van der Waals surface area (Å²) in [6, 6.07) is 0. The van der Waals surface area contributed by atoms with Crippen LogP contribution in [0.15, 0.2) is 0 Å². The number of hydrogen-bond donors (Lipinski definition) is 1. The molecule has 0 aliphatic carbocycles. The van der Waals surface area contributed by atoms with Crippen LogP contribution in [-0.2, 0) is 0 Å². The average Bonchev–Trinajstić information content (AvgIpc) is 2.93. The van der Waals surface area contributed by atoms with E-state index in [1.807, 2.05) is 0 Å². The highest BCUT2D eigenvalue weighted by Crippen LogP contribution is 2.20. The maximum atomic E-state index is 6.02. The first-order valence-electron chi connectivity index (χ1n) is 6.45. The van der Waals surface area contributed by atoms with Gasteiger partial charge in [-0.05, 0) is 24.4 Å². The molecule has 2 aliphatic rings. The molecule has 0 spiro atoms. The zero-order chi connectivity index (χ0) is 12.4. The minimum Gasteiger partial charge on any atom is -0.341 e. The number of piperazine rings is 1. The summed E-state index contributed by atoms with van der Waals surface area (Å²) < 4.78 is 0. The quantitative estimate of drug-likeness (QED) is 0.845. The first-order valence-corrected chi connectivity index (χ1v) is 6.83. The molecule has 18 heavy (non-hydrogen) atoms. The van der Waals surface area contributed by atoms with Crippen molar-refractivity contribution in [3.05, 3.63) is 5.28 Å². The first-order chi connectivity index (χ1) is 8.83. The number of hydrogen-bond acceptors (Lipinski definition) is 6. The van der Waals surface area contributed by atoms with Gasteiger partial charge in [-0.1, -0.05) is 0 Å². The van der Waals surface area contributed by atoms with Gasteiger partial charge in [0, 0.05) is 39.3 Å². The third-order valence-electron chi connectivity index (χ3n) is 3.37. The van der Waals surface area contributed by atoms with Crippen LogP contribution in [0.2, 0.25) is 5.28 Å². The summed E-state index contributed by atoms with van der Waals surface area (Å²) in [6.07, 6.45) is 2.40. The highest BCUT2D eigenvalue weighted by atomic mass is 35.5. The van der Waals surface area contributed by atoms with E-state index in [-0.39, 0.29) is 0 Å². The van der Waals surface area contributed by atoms with Gasteiger partial charge in [0.15, 0.2) is 0 Å². The molecule has 6 nitrogen and oxygen atoms in total. The molecule has 2 fully saturated rings. The van der Waals surface area contributed by atoms with Gasteiger partial charge in [-0.15, -0.1) is 0 Å². The molecule has 7 heteroatoms. The highest BCUT2D eigenvalue weighted by molar-refractivity contribution is 6.28. The molecule has 1 aromatic rings. The Balaban J connectivity index is 1.84. The molecule has 1 aromatic heterocycles. The van der Waals surface area contributed by atoms with Crippen LogP contribution < -0.4 is 15.1 Å². The van der Waals surface area contributed by atoms with Crippen molar-refractivity contribution < 1.29 is 0 Å². The summed E-state index contributed by atoms with van der Waals surface area (Å²) in [4.78, 5) is 17.4. The van der Waals surface area contributed by atoms with Crippen molar-refractivity contribution in [3.63, 3.8) is 0 Å². The largest absolute Gasteiger partial charge is 0.341 e. The first kappa shape index (κ1) is 11.9. The number of rotatable bonds is 2. The fraction of sp³-hybridized carbons (Fsp3) is 0.727. The molecule has 0 aromatic carbocycles. The Morgan fingerprint density at radius 2 is 1.39 bits per heavy atom. The van der Waals surface area contributed by atoms with E-state index in [9.17, 15) is 0 Å². The standard InChI is InChI=1S/C11H17ClN6/c12-9-14-10(17-5-1-2-6-17)16-11(15-9)18-7-3-13-4-8-18/h13H,1-8H2. The van der Waals surface area contributed by atoms with Crippen molar-refractivity contribution >= 4 is 23.5 Å². The Kier molecular flexibility index (Phi) is 3.47. The summed E-state index contributed by atoms with van der Waals surface area (Å²) in [6.45, 7) is 5.78. The molecule has 0 unspecified atom stereocenters. The smallest absolute Gasteiger partial charge is 0.231 e. The number of aromatic nitrogens is 3. The molecule has 3 rings (SSSR count). The minimum atomic E-state index is 0.292. The van der Waals surface area contributed by atoms with Crippen molar-refractivity contribution in [1.82, 2.24) is 20.3 Å². The second-order valence-electron chi connectivity index (χ2n) is 4.64. The van der Waals surface area contributed by atoms with Crippen LogP contribution in [0.25, 0.3) is 0 Å². The molecule has 0 radical (unpaired) electrons. The maximum absolute atomic E-state index is 6.02. The Morgan fingerprint density at radius 1 is 0.833 bits per heavy atom. The summed E-state index contributed by atoms with van der Waals surface area (Å²) in [5, 5.41) is 3.60. The fourth-order valence-electron chi connectivity index (χ4n) is 2.39. The number of halogens is 1. The highest BCUT2D eigenvalue weighted by Gasteiger charge is 2.20. The predicted molar refractivity (Wildman–Crippen MR) is 71.4 cm³/mol. The Hall–Kier alpha value is -1.14. The van der Waals surface area contributed by atoms with Crippen LogP contribution in [-0.4, -0.2) is 54.2 Å². The molecular weight excluding hydrogens is 252 g/mol. The van der Waals surface area contributed by atoms with E-state index in [4.69, 9.17) is 11.6 Å². The summed E-state index contributed by atoms with van der Waals surface area (Å²) in [7, 11) is 0. The summed E-state index contributed by atoms with van der Waals surface area (Å²) in [5.41, 5.74) is 0. The van der Waals surface area contributed by atoms with Crippen LogP contribution in [0.4, 0.5) is 11.9 Å². The van der Waals surface area contributed by atoms with Gasteiger partial charge in [0.1, 0.15) is 0 Å². The topological polar surface area (TPSA) is 57.2 Å². The predicted octanol–water partition coefficient (Wildman–Crippen LogP) is 0.535. The molecule has 0 bridgehead atoms. The van der Waals surface area contributed by atoms with E-state index >= 15 is 0 Å². The number of nitrogens with zero attached hydrogens (tertiary/aromatic N) is 5. The lowest BCUT2D eigenvalue weighted by Crippen LogP contribution is -2.44. The Morgan fingerprint density at radius 3 is 2.00 bits per heavy atom. The van der Waals surface area contributed by atoms with E-state index in [2.05, 4.69) is 30.1 Å². The third kappa shape index (κ3) is 2.49. The zero-order valence-corrected chi connectivity index (χ0v) is 11.0. The molecule has 1 N–H and O–H groups in total. The molecule has 3 heterocycles. The van der Waals surface area contributed by atoms with Crippen molar-refractivity contribution in [1.29, 1.82) is 0 Å². The van der Waals surface area contributed by atoms with E-state index in [1.165, 1.54) is 12.8 Å². The van der Waals surface area contributed by atoms with E-state index in [0.29, 0.717) is 11.2 Å². The van der Waals surface area contributed by atoms with Crippen molar-refractivity contribution in [2.24, 2.45) is 0 Å². The van der Waals surface area contributed by atoms with Crippen molar-refractivity contribution in [2.75, 3.05) is 49.1 Å². The van der Waals surface area contributed by atoms with Gasteiger partial charge in [0.05, 0.1) is 0 Å². The summed E-state index contributed by atoms with van der Waals surface area (Å²) in [5.74, 6) is 1.43. The molecule has 0 amide bonds. The monoisotopic (exact) mass is 268 g/mol. The SMILES string of the molecule is Clc1nc(N2CCCC2)nc(N2CCNCC2)n1. The van der Waals surface area contributed by atoms with Crippen molar-refractivity contribution in [3.8, 4) is 0 Å². The summed E-state index contributed by atoms with van der Waals surface area (Å²) >= 11 is 6.02. The number of anilines is 2. The second kappa shape index (κ2) is 5.24. The van der Waals surface area contributed by atoms with Gasteiger partial charge in [0.25, 0.3) is 0 Å². The molecule has 2 saturated heterocycles. The molecule has 0 atom stereocenters. The average molecular weight is 269 g/mol. The molecule has 2 aliphatic heterocycles. The molecular formula is C11H17ClN6. The lowest BCUT2D eigenvalue weighted by Gasteiger charge is -2.28. The van der Waals surface area contributed by atoms with Crippen LogP contribution in [0.1, 0.15) is 12.8 Å². The van der Waals surface area contributed by atoms with Gasteiger partial charge in [0.2, 0.25) is 17.2 Å². The van der Waals surface area contributed by atoms with E-state index < -0.39 is 0 Å². The lowest BCUT2D eigenvalue weighted by molar-refractivity contribution is 0.578. The van der Waals surface area contributed by atoms with Crippen LogP contribution in [0.5, 0.6) is 0 Å². The fourth-order valence-corrected chi connectivity index (χ4v) is 2.55. The van der Waals surface area contributed by atoms with E-state index in [1.54, 1.807) is 0 Å². The lowest BCUT2D eigenvalue weighted by atomic mass is 10.4. The maximum Gasteiger partial charge on any atom is 0.231 e. The van der Waals surface area contributed by atoms with Gasteiger partial charge in [-0.2, -0.15) is 15.0 Å². The van der Waals surface area contributed by atoms with Gasteiger partial charge < -0.3 is 15.1 Å². The zero-order valence-electron chi connectivity index (χ0n) is 10.3. The Bertz CT molecular complexity index is 414. The van der Waals surface area contributed by atoms with Crippen LogP contribution in [0.3, 0.4) is 0 Å². The molecule has 98 valence electrons. The molecule has 0 saturated carbocycles. The second-order valence-corrected chi connectivity index (χ2v) is 4.97. The normalized spacial score (nSPS) is 20.5. The van der Waals surface area contributed by atoms with E-state index in [0.717, 1.165) is 45.2 Å². The Labute approximate surface area is 111 Å². The minimum absolute atomic E-state index is 0.292.